The minimum absolute atomic E-state index is 0.195. The fourth-order valence-corrected chi connectivity index (χ4v) is 7.06. The third-order valence-corrected chi connectivity index (χ3v) is 8.86. The largest absolute Gasteiger partial charge is 0.497 e. The van der Waals surface area contributed by atoms with Gasteiger partial charge in [0.1, 0.15) is 11.3 Å². The molecule has 1 fully saturated rings. The van der Waals surface area contributed by atoms with E-state index in [0.29, 0.717) is 5.92 Å². The van der Waals surface area contributed by atoms with Crippen LogP contribution in [0.15, 0.2) is 28.9 Å². The molecule has 33 heavy (non-hydrogen) atoms. The van der Waals surface area contributed by atoms with Gasteiger partial charge in [-0.25, -0.2) is 0 Å². The van der Waals surface area contributed by atoms with Gasteiger partial charge in [0.25, 0.3) is 0 Å². The van der Waals surface area contributed by atoms with Crippen molar-refractivity contribution >= 4 is 28.2 Å². The summed E-state index contributed by atoms with van der Waals surface area (Å²) in [5.41, 5.74) is 5.37. The van der Waals surface area contributed by atoms with E-state index in [1.54, 1.807) is 24.5 Å². The standard InChI is InChI=1S/C27H34N2O3S/c1-4-21-23-9-14-29(18(2)30)16-27(23)33-26(21)10-13-28-11-7-19(8-12-28)24-17-32-25-15-20(31-3)5-6-22(24)25/h5-6,15,17,19H,4,7-14,16H2,1-3H3. The zero-order valence-corrected chi connectivity index (χ0v) is 20.8. The third kappa shape index (κ3) is 4.43. The molecule has 0 atom stereocenters. The Morgan fingerprint density at radius 2 is 2.06 bits per heavy atom. The summed E-state index contributed by atoms with van der Waals surface area (Å²) >= 11 is 1.96. The second kappa shape index (κ2) is 9.51. The first-order chi connectivity index (χ1) is 16.1. The highest BCUT2D eigenvalue weighted by Crippen LogP contribution is 2.37. The van der Waals surface area contributed by atoms with Crippen LogP contribution in [0.25, 0.3) is 11.0 Å². The van der Waals surface area contributed by atoms with Crippen molar-refractivity contribution in [1.82, 2.24) is 9.80 Å². The molecule has 2 aromatic heterocycles. The van der Waals surface area contributed by atoms with Crippen LogP contribution in [0, 0.1) is 0 Å². The maximum Gasteiger partial charge on any atom is 0.219 e. The number of amides is 1. The molecule has 1 aromatic carbocycles. The lowest BCUT2D eigenvalue weighted by atomic mass is 9.89. The number of ether oxygens (including phenoxy) is 1. The van der Waals surface area contributed by atoms with E-state index in [1.807, 2.05) is 34.6 Å². The summed E-state index contributed by atoms with van der Waals surface area (Å²) in [5, 5.41) is 1.23. The molecular formula is C27H34N2O3S. The Kier molecular flexibility index (Phi) is 6.48. The van der Waals surface area contributed by atoms with Gasteiger partial charge in [-0.3, -0.25) is 4.79 Å². The molecule has 4 heterocycles. The molecule has 1 amide bonds. The average molecular weight is 467 g/mol. The number of hydrogen-bond donors (Lipinski definition) is 0. The summed E-state index contributed by atoms with van der Waals surface area (Å²) < 4.78 is 11.2. The van der Waals surface area contributed by atoms with Crippen molar-refractivity contribution in [3.63, 3.8) is 0 Å². The van der Waals surface area contributed by atoms with Crippen LogP contribution in [0.3, 0.4) is 0 Å². The van der Waals surface area contributed by atoms with Crippen molar-refractivity contribution in [3.8, 4) is 5.75 Å². The second-order valence-corrected chi connectivity index (χ2v) is 10.6. The van der Waals surface area contributed by atoms with Crippen LogP contribution in [0.5, 0.6) is 5.75 Å². The molecule has 0 aliphatic carbocycles. The number of hydrogen-bond acceptors (Lipinski definition) is 5. The Labute approximate surface area is 200 Å². The normalized spacial score (nSPS) is 17.5. The Hall–Kier alpha value is -2.31. The van der Waals surface area contributed by atoms with Gasteiger partial charge in [0.2, 0.25) is 5.91 Å². The fraction of sp³-hybridized carbons (Fsp3) is 0.519. The third-order valence-electron chi connectivity index (χ3n) is 7.54. The number of thiophene rings is 1. The number of rotatable bonds is 6. The van der Waals surface area contributed by atoms with Gasteiger partial charge in [-0.2, -0.15) is 0 Å². The van der Waals surface area contributed by atoms with E-state index >= 15 is 0 Å². The zero-order valence-electron chi connectivity index (χ0n) is 20.0. The predicted octanol–water partition coefficient (Wildman–Crippen LogP) is 5.39. The van der Waals surface area contributed by atoms with Gasteiger partial charge in [-0.1, -0.05) is 6.92 Å². The van der Waals surface area contributed by atoms with Gasteiger partial charge in [0.15, 0.2) is 0 Å². The second-order valence-electron chi connectivity index (χ2n) is 9.37. The lowest BCUT2D eigenvalue weighted by Crippen LogP contribution is -2.34. The van der Waals surface area contributed by atoms with E-state index in [9.17, 15) is 4.79 Å². The van der Waals surface area contributed by atoms with Crippen LogP contribution >= 0.6 is 11.3 Å². The summed E-state index contributed by atoms with van der Waals surface area (Å²) in [6.45, 7) is 9.04. The van der Waals surface area contributed by atoms with Crippen LogP contribution in [0.1, 0.15) is 59.1 Å². The monoisotopic (exact) mass is 466 g/mol. The van der Waals surface area contributed by atoms with Crippen molar-refractivity contribution in [3.05, 3.63) is 50.9 Å². The average Bonchev–Trinajstić information content (AvgIpc) is 3.42. The van der Waals surface area contributed by atoms with Gasteiger partial charge in [0.05, 0.1) is 19.9 Å². The molecule has 2 aliphatic heterocycles. The van der Waals surface area contributed by atoms with E-state index in [-0.39, 0.29) is 5.91 Å². The molecule has 6 heteroatoms. The molecule has 0 N–H and O–H groups in total. The van der Waals surface area contributed by atoms with Crippen LogP contribution < -0.4 is 4.74 Å². The number of methoxy groups -OCH3 is 1. The maximum atomic E-state index is 11.8. The van der Waals surface area contributed by atoms with Gasteiger partial charge in [0, 0.05) is 46.8 Å². The van der Waals surface area contributed by atoms with Crippen molar-refractivity contribution in [2.24, 2.45) is 0 Å². The Morgan fingerprint density at radius 3 is 2.79 bits per heavy atom. The molecule has 1 saturated heterocycles. The fourth-order valence-electron chi connectivity index (χ4n) is 5.61. The number of benzene rings is 1. The summed E-state index contributed by atoms with van der Waals surface area (Å²) in [5.74, 6) is 1.60. The van der Waals surface area contributed by atoms with Crippen LogP contribution in [-0.2, 0) is 30.6 Å². The minimum Gasteiger partial charge on any atom is -0.497 e. The Morgan fingerprint density at radius 1 is 1.24 bits per heavy atom. The van der Waals surface area contributed by atoms with E-state index in [1.165, 1.54) is 34.2 Å². The van der Waals surface area contributed by atoms with Crippen molar-refractivity contribution in [2.75, 3.05) is 33.3 Å². The van der Waals surface area contributed by atoms with Gasteiger partial charge in [-0.15, -0.1) is 11.3 Å². The molecular weight excluding hydrogens is 432 g/mol. The van der Waals surface area contributed by atoms with Gasteiger partial charge in [-0.05, 0) is 74.4 Å². The van der Waals surface area contributed by atoms with Crippen molar-refractivity contribution < 1.29 is 13.9 Å². The summed E-state index contributed by atoms with van der Waals surface area (Å²) in [7, 11) is 1.69. The number of carbonyl (C=O) groups is 1. The number of fused-ring (bicyclic) bond motifs is 2. The first-order valence-electron chi connectivity index (χ1n) is 12.2. The molecule has 3 aromatic rings. The van der Waals surface area contributed by atoms with Crippen LogP contribution in [-0.4, -0.2) is 49.0 Å². The number of piperidine rings is 1. The zero-order chi connectivity index (χ0) is 22.9. The number of carbonyl (C=O) groups excluding carboxylic acids is 1. The van der Waals surface area contributed by atoms with E-state index in [2.05, 4.69) is 17.9 Å². The van der Waals surface area contributed by atoms with E-state index in [4.69, 9.17) is 9.15 Å². The quantitative estimate of drug-likeness (QED) is 0.489. The van der Waals surface area contributed by atoms with Crippen LogP contribution in [0.2, 0.25) is 0 Å². The van der Waals surface area contributed by atoms with Crippen molar-refractivity contribution in [2.45, 2.75) is 58.4 Å². The topological polar surface area (TPSA) is 45.9 Å². The summed E-state index contributed by atoms with van der Waals surface area (Å²) in [6.07, 6.45) is 7.55. The summed E-state index contributed by atoms with van der Waals surface area (Å²) in [6, 6.07) is 6.14. The predicted molar refractivity (Wildman–Crippen MR) is 133 cm³/mol. The SMILES string of the molecule is CCc1c(CCN2CCC(c3coc4cc(OC)ccc34)CC2)sc2c1CCN(C(C)=O)C2. The number of furan rings is 1. The van der Waals surface area contributed by atoms with Gasteiger partial charge >= 0.3 is 0 Å². The Balaban J connectivity index is 1.20. The van der Waals surface area contributed by atoms with Gasteiger partial charge < -0.3 is 19.0 Å². The molecule has 5 rings (SSSR count). The number of nitrogens with zero attached hydrogens (tertiary/aromatic N) is 2. The minimum atomic E-state index is 0.195. The molecule has 0 bridgehead atoms. The molecule has 0 spiro atoms. The lowest BCUT2D eigenvalue weighted by Gasteiger charge is -2.31. The maximum absolute atomic E-state index is 11.8. The molecule has 0 radical (unpaired) electrons. The first kappa shape index (κ1) is 22.5. The number of likely N-dealkylation sites (tertiary alicyclic amines) is 1. The van der Waals surface area contributed by atoms with E-state index in [0.717, 1.165) is 63.3 Å². The smallest absolute Gasteiger partial charge is 0.219 e. The highest BCUT2D eigenvalue weighted by molar-refractivity contribution is 7.12. The molecule has 5 nitrogen and oxygen atoms in total. The molecule has 0 unspecified atom stereocenters. The molecule has 2 aliphatic rings. The van der Waals surface area contributed by atoms with E-state index < -0.39 is 0 Å². The molecule has 176 valence electrons. The van der Waals surface area contributed by atoms with Crippen molar-refractivity contribution in [1.29, 1.82) is 0 Å². The Bertz CT molecular complexity index is 1140. The van der Waals surface area contributed by atoms with Crippen LogP contribution in [0.4, 0.5) is 0 Å². The summed E-state index contributed by atoms with van der Waals surface area (Å²) in [4.78, 5) is 19.4. The molecule has 0 saturated carbocycles. The first-order valence-corrected chi connectivity index (χ1v) is 13.0. The highest BCUT2D eigenvalue weighted by atomic mass is 32.1. The lowest BCUT2D eigenvalue weighted by molar-refractivity contribution is -0.129. The highest BCUT2D eigenvalue weighted by Gasteiger charge is 2.26.